The second-order valence-corrected chi connectivity index (χ2v) is 6.16. The second kappa shape index (κ2) is 13.4. The standard InChI is InChI=1S/C9H17NO4.C5H9NO4.ClH/c1-7(11)14-8(5-9(12)13)6-10(2,3)4;6-3(5(9)10)1-2-4(7)8;/h8H,5-6H2,1-4H3;3H,1-2,6H2,(H,7,8)(H,9,10);1H/t;3-;/m.0./s1. The Morgan fingerprint density at radius 3 is 1.92 bits per heavy atom. The fourth-order valence-electron chi connectivity index (χ4n) is 1.58. The van der Waals surface area contributed by atoms with Crippen LogP contribution in [-0.2, 0) is 23.9 Å². The van der Waals surface area contributed by atoms with Crippen LogP contribution in [0.5, 0.6) is 0 Å². The van der Waals surface area contributed by atoms with Gasteiger partial charge in [0, 0.05) is 25.7 Å². The maximum atomic E-state index is 10.7. The third-order valence-electron chi connectivity index (χ3n) is 2.46. The van der Waals surface area contributed by atoms with E-state index in [-0.39, 0.29) is 31.7 Å². The van der Waals surface area contributed by atoms with Crippen molar-refractivity contribution in [1.29, 1.82) is 0 Å². The molecule has 0 aromatic rings. The molecule has 0 rings (SSSR count). The highest BCUT2D eigenvalue weighted by molar-refractivity contribution is 5.85. The molecule has 1 unspecified atom stereocenters. The number of carboxylic acid groups (broad SMARTS) is 3. The summed E-state index contributed by atoms with van der Waals surface area (Å²) >= 11 is 0. The molecule has 0 spiro atoms. The Morgan fingerprint density at radius 2 is 1.64 bits per heavy atom. The average molecular weight is 387 g/mol. The van der Waals surface area contributed by atoms with E-state index in [9.17, 15) is 24.3 Å². The molecule has 0 fully saturated rings. The molecule has 2 atom stereocenters. The summed E-state index contributed by atoms with van der Waals surface area (Å²) in [4.78, 5) is 40.9. The van der Waals surface area contributed by atoms with Crippen LogP contribution in [0.4, 0.5) is 0 Å². The minimum absolute atomic E-state index is 0. The lowest BCUT2D eigenvalue weighted by Gasteiger charge is -2.28. The topological polar surface area (TPSA) is 167 Å². The molecule has 10 nitrogen and oxygen atoms in total. The zero-order valence-corrected chi connectivity index (χ0v) is 15.6. The first-order valence-corrected chi connectivity index (χ1v) is 7.12. The molecule has 0 saturated carbocycles. The zero-order chi connectivity index (χ0) is 19.5. The Balaban J connectivity index is -0.000000392. The molecule has 0 heterocycles. The van der Waals surface area contributed by atoms with Crippen LogP contribution in [0, 0.1) is 0 Å². The highest BCUT2D eigenvalue weighted by Crippen LogP contribution is 2.04. The van der Waals surface area contributed by atoms with E-state index < -0.39 is 36.0 Å². The quantitative estimate of drug-likeness (QED) is 0.313. The van der Waals surface area contributed by atoms with Crippen LogP contribution in [-0.4, -0.2) is 78.4 Å². The summed E-state index contributed by atoms with van der Waals surface area (Å²) in [7, 11) is 5.68. The molecule has 0 bridgehead atoms. The first-order valence-electron chi connectivity index (χ1n) is 7.12. The molecular weight excluding hydrogens is 360 g/mol. The summed E-state index contributed by atoms with van der Waals surface area (Å²) in [6.07, 6.45) is -1.09. The molecular formula is C14H27ClN2O8. The van der Waals surface area contributed by atoms with Crippen molar-refractivity contribution in [3.05, 3.63) is 0 Å². The lowest BCUT2D eigenvalue weighted by molar-refractivity contribution is -0.873. The number of likely N-dealkylation sites (N-methyl/N-ethyl adjacent to an activating group) is 1. The van der Waals surface area contributed by atoms with Gasteiger partial charge in [0.25, 0.3) is 0 Å². The SMILES string of the molecule is CC(=O)OC(CC(=O)[O-])C[N+](C)(C)C.Cl.N[C@@H](CCC(=O)O)C(=O)O. The van der Waals surface area contributed by atoms with E-state index in [1.54, 1.807) is 0 Å². The molecule has 11 heteroatoms. The molecule has 0 radical (unpaired) electrons. The Hall–Kier alpha value is -1.91. The van der Waals surface area contributed by atoms with Crippen molar-refractivity contribution in [3.8, 4) is 0 Å². The lowest BCUT2D eigenvalue weighted by atomic mass is 10.2. The van der Waals surface area contributed by atoms with E-state index >= 15 is 0 Å². The van der Waals surface area contributed by atoms with Crippen LogP contribution in [0.1, 0.15) is 26.2 Å². The number of carbonyl (C=O) groups excluding carboxylic acids is 2. The summed E-state index contributed by atoms with van der Waals surface area (Å²) in [5.74, 6) is -3.87. The molecule has 0 aromatic heterocycles. The van der Waals surface area contributed by atoms with Crippen LogP contribution >= 0.6 is 12.4 Å². The number of carboxylic acids is 3. The summed E-state index contributed by atoms with van der Waals surface area (Å²) in [5, 5.41) is 26.6. The predicted octanol–water partition coefficient (Wildman–Crippen LogP) is -1.55. The normalized spacial score (nSPS) is 12.5. The fourth-order valence-corrected chi connectivity index (χ4v) is 1.58. The molecule has 0 aliphatic rings. The smallest absolute Gasteiger partial charge is 0.320 e. The largest absolute Gasteiger partial charge is 0.550 e. The molecule has 0 aliphatic carbocycles. The number of aliphatic carboxylic acids is 3. The Labute approximate surface area is 152 Å². The molecule has 4 N–H and O–H groups in total. The van der Waals surface area contributed by atoms with E-state index in [0.717, 1.165) is 0 Å². The first-order chi connectivity index (χ1) is 10.7. The van der Waals surface area contributed by atoms with Gasteiger partial charge in [0.15, 0.2) is 6.10 Å². The van der Waals surface area contributed by atoms with Crippen molar-refractivity contribution in [2.45, 2.75) is 38.3 Å². The maximum absolute atomic E-state index is 10.7. The van der Waals surface area contributed by atoms with Crippen LogP contribution < -0.4 is 10.8 Å². The van der Waals surface area contributed by atoms with Gasteiger partial charge in [0.2, 0.25) is 0 Å². The molecule has 0 amide bonds. The molecule has 148 valence electrons. The van der Waals surface area contributed by atoms with Crippen molar-refractivity contribution >= 4 is 36.3 Å². The van der Waals surface area contributed by atoms with Crippen molar-refractivity contribution in [2.24, 2.45) is 5.73 Å². The third-order valence-corrected chi connectivity index (χ3v) is 2.46. The number of rotatable bonds is 9. The van der Waals surface area contributed by atoms with Crippen molar-refractivity contribution in [3.63, 3.8) is 0 Å². The highest BCUT2D eigenvalue weighted by Gasteiger charge is 2.20. The molecule has 25 heavy (non-hydrogen) atoms. The Kier molecular flexibility index (Phi) is 15.0. The Morgan fingerprint density at radius 1 is 1.16 bits per heavy atom. The second-order valence-electron chi connectivity index (χ2n) is 6.16. The summed E-state index contributed by atoms with van der Waals surface area (Å²) < 4.78 is 5.39. The van der Waals surface area contributed by atoms with Gasteiger partial charge in [-0.1, -0.05) is 0 Å². The monoisotopic (exact) mass is 386 g/mol. The van der Waals surface area contributed by atoms with E-state index in [1.165, 1.54) is 6.92 Å². The molecule has 0 aromatic carbocycles. The highest BCUT2D eigenvalue weighted by atomic mass is 35.5. The minimum atomic E-state index is -1.20. The van der Waals surface area contributed by atoms with Gasteiger partial charge in [-0.15, -0.1) is 12.4 Å². The molecule has 0 aliphatic heterocycles. The average Bonchev–Trinajstić information content (AvgIpc) is 2.32. The zero-order valence-electron chi connectivity index (χ0n) is 14.8. The number of nitrogens with zero attached hydrogens (tertiary/aromatic N) is 1. The number of hydrogen-bond acceptors (Lipinski definition) is 7. The third kappa shape index (κ3) is 22.1. The van der Waals surface area contributed by atoms with Crippen LogP contribution in [0.25, 0.3) is 0 Å². The van der Waals surface area contributed by atoms with Crippen molar-refractivity contribution in [2.75, 3.05) is 27.7 Å². The van der Waals surface area contributed by atoms with Crippen LogP contribution in [0.2, 0.25) is 0 Å². The summed E-state index contributed by atoms with van der Waals surface area (Å²) in [6, 6.07) is -1.06. The number of carbonyl (C=O) groups is 4. The molecule has 0 saturated heterocycles. The number of nitrogens with two attached hydrogens (primary N) is 1. The predicted molar refractivity (Wildman–Crippen MR) is 87.8 cm³/mol. The van der Waals surface area contributed by atoms with E-state index in [2.05, 4.69) is 0 Å². The first kappa shape index (κ1) is 27.9. The minimum Gasteiger partial charge on any atom is -0.550 e. The van der Waals surface area contributed by atoms with Gasteiger partial charge in [-0.2, -0.15) is 0 Å². The van der Waals surface area contributed by atoms with Gasteiger partial charge in [-0.25, -0.2) is 0 Å². The van der Waals surface area contributed by atoms with E-state index in [4.69, 9.17) is 20.7 Å². The number of halogens is 1. The van der Waals surface area contributed by atoms with E-state index in [0.29, 0.717) is 11.0 Å². The van der Waals surface area contributed by atoms with Crippen LogP contribution in [0.15, 0.2) is 0 Å². The van der Waals surface area contributed by atoms with Gasteiger partial charge in [-0.3, -0.25) is 14.4 Å². The van der Waals surface area contributed by atoms with E-state index in [1.807, 2.05) is 21.1 Å². The van der Waals surface area contributed by atoms with Gasteiger partial charge in [0.05, 0.1) is 21.1 Å². The van der Waals surface area contributed by atoms with Gasteiger partial charge in [0.1, 0.15) is 12.6 Å². The number of quaternary nitrogens is 1. The van der Waals surface area contributed by atoms with Gasteiger partial charge >= 0.3 is 17.9 Å². The summed E-state index contributed by atoms with van der Waals surface area (Å²) in [5.41, 5.74) is 5.00. The van der Waals surface area contributed by atoms with Crippen molar-refractivity contribution < 1.29 is 43.7 Å². The van der Waals surface area contributed by atoms with Gasteiger partial charge in [-0.05, 0) is 6.42 Å². The van der Waals surface area contributed by atoms with Crippen molar-refractivity contribution in [1.82, 2.24) is 0 Å². The number of ether oxygens (including phenoxy) is 1. The summed E-state index contributed by atoms with van der Waals surface area (Å²) in [6.45, 7) is 1.71. The fraction of sp³-hybridized carbons (Fsp3) is 0.714. The van der Waals surface area contributed by atoms with Gasteiger partial charge < -0.3 is 35.1 Å². The number of esters is 1. The van der Waals surface area contributed by atoms with Crippen LogP contribution in [0.3, 0.4) is 0 Å². The number of hydrogen-bond donors (Lipinski definition) is 3. The Bertz CT molecular complexity index is 435. The maximum Gasteiger partial charge on any atom is 0.320 e. The lowest BCUT2D eigenvalue weighted by Crippen LogP contribution is -2.45.